The Labute approximate surface area is 202 Å². The van der Waals surface area contributed by atoms with Crippen molar-refractivity contribution < 1.29 is 24.1 Å². The average molecular weight is 477 g/mol. The fourth-order valence-corrected chi connectivity index (χ4v) is 4.32. The number of hydrogen-bond donors (Lipinski definition) is 1. The third-order valence-electron chi connectivity index (χ3n) is 5.02. The standard InChI is InChI=1S/C26H24N2O5S/c1-4-33-23-15-17(5-14-22(23)29)16-24-25(30)28(19-8-12-21(32-3)13-9-19)26(34-24)27-18-6-10-20(31-2)11-7-18/h5-16,29H,4H2,1-3H3/b24-16+,27-26+. The molecule has 7 nitrogen and oxygen atoms in total. The molecule has 0 aliphatic carbocycles. The van der Waals surface area contributed by atoms with Crippen LogP contribution in [-0.4, -0.2) is 37.0 Å². The molecule has 1 N–H and O–H groups in total. The van der Waals surface area contributed by atoms with Crippen molar-refractivity contribution in [1.29, 1.82) is 0 Å². The Kier molecular flexibility index (Phi) is 7.08. The average Bonchev–Trinajstić information content (AvgIpc) is 3.16. The highest BCUT2D eigenvalue weighted by Crippen LogP contribution is 2.38. The number of nitrogens with zero attached hydrogens (tertiary/aromatic N) is 2. The monoisotopic (exact) mass is 476 g/mol. The number of rotatable bonds is 7. The molecule has 1 aliphatic heterocycles. The summed E-state index contributed by atoms with van der Waals surface area (Å²) in [5.74, 6) is 1.64. The molecule has 0 atom stereocenters. The van der Waals surface area contributed by atoms with Gasteiger partial charge in [-0.1, -0.05) is 6.07 Å². The third kappa shape index (κ3) is 5.02. The van der Waals surface area contributed by atoms with Crippen LogP contribution in [0.25, 0.3) is 6.08 Å². The predicted octanol–water partition coefficient (Wildman–Crippen LogP) is 5.62. The van der Waals surface area contributed by atoms with Gasteiger partial charge in [0.05, 0.1) is 37.1 Å². The maximum Gasteiger partial charge on any atom is 0.271 e. The molecule has 3 aromatic carbocycles. The molecule has 0 aromatic heterocycles. The first-order valence-corrected chi connectivity index (χ1v) is 11.4. The third-order valence-corrected chi connectivity index (χ3v) is 5.98. The van der Waals surface area contributed by atoms with Crippen LogP contribution in [0, 0.1) is 0 Å². The number of thioether (sulfide) groups is 1. The molecule has 1 saturated heterocycles. The highest BCUT2D eigenvalue weighted by molar-refractivity contribution is 8.19. The Hall–Kier alpha value is -3.91. The van der Waals surface area contributed by atoms with E-state index in [1.807, 2.05) is 43.3 Å². The first-order valence-electron chi connectivity index (χ1n) is 10.6. The van der Waals surface area contributed by atoms with E-state index in [-0.39, 0.29) is 11.7 Å². The van der Waals surface area contributed by atoms with E-state index in [1.54, 1.807) is 55.5 Å². The van der Waals surface area contributed by atoms with E-state index >= 15 is 0 Å². The van der Waals surface area contributed by atoms with Crippen LogP contribution in [-0.2, 0) is 4.79 Å². The lowest BCUT2D eigenvalue weighted by Gasteiger charge is -2.16. The van der Waals surface area contributed by atoms with Crippen molar-refractivity contribution in [3.63, 3.8) is 0 Å². The number of methoxy groups -OCH3 is 2. The largest absolute Gasteiger partial charge is 0.504 e. The van der Waals surface area contributed by atoms with Gasteiger partial charge in [0, 0.05) is 0 Å². The minimum absolute atomic E-state index is 0.0519. The fraction of sp³-hybridized carbons (Fsp3) is 0.154. The van der Waals surface area contributed by atoms with Crippen molar-refractivity contribution >= 4 is 40.3 Å². The maximum atomic E-state index is 13.5. The van der Waals surface area contributed by atoms with Gasteiger partial charge in [-0.25, -0.2) is 4.99 Å². The summed E-state index contributed by atoms with van der Waals surface area (Å²) in [6, 6.07) is 19.5. The van der Waals surface area contributed by atoms with E-state index in [0.717, 1.165) is 11.3 Å². The molecule has 0 spiro atoms. The number of amidine groups is 1. The number of aliphatic imine (C=N–C) groups is 1. The normalized spacial score (nSPS) is 15.7. The number of aromatic hydroxyl groups is 1. The van der Waals surface area contributed by atoms with Crippen molar-refractivity contribution in [3.05, 3.63) is 77.2 Å². The number of hydrogen-bond acceptors (Lipinski definition) is 7. The lowest BCUT2D eigenvalue weighted by Crippen LogP contribution is -2.28. The zero-order valence-electron chi connectivity index (χ0n) is 19.0. The molecule has 1 amide bonds. The van der Waals surface area contributed by atoms with Gasteiger partial charge in [-0.15, -0.1) is 0 Å². The number of carbonyl (C=O) groups excluding carboxylic acids is 1. The molecule has 34 heavy (non-hydrogen) atoms. The van der Waals surface area contributed by atoms with Crippen molar-refractivity contribution in [3.8, 4) is 23.0 Å². The number of ether oxygens (including phenoxy) is 3. The molecule has 3 aromatic rings. The first kappa shape index (κ1) is 23.3. The second-order valence-corrected chi connectivity index (χ2v) is 8.21. The van der Waals surface area contributed by atoms with Crippen LogP contribution in [0.3, 0.4) is 0 Å². The van der Waals surface area contributed by atoms with E-state index in [4.69, 9.17) is 19.2 Å². The zero-order chi connectivity index (χ0) is 24.1. The van der Waals surface area contributed by atoms with Crippen LogP contribution >= 0.6 is 11.8 Å². The lowest BCUT2D eigenvalue weighted by atomic mass is 10.2. The number of anilines is 1. The van der Waals surface area contributed by atoms with Crippen LogP contribution in [0.15, 0.2) is 76.6 Å². The molecule has 4 rings (SSSR count). The Bertz CT molecular complexity index is 1240. The second-order valence-electron chi connectivity index (χ2n) is 7.20. The molecule has 1 heterocycles. The molecular weight excluding hydrogens is 452 g/mol. The molecule has 174 valence electrons. The van der Waals surface area contributed by atoms with Gasteiger partial charge in [-0.05, 0) is 91.0 Å². The Morgan fingerprint density at radius 2 is 1.62 bits per heavy atom. The van der Waals surface area contributed by atoms with E-state index < -0.39 is 0 Å². The van der Waals surface area contributed by atoms with Gasteiger partial charge in [0.25, 0.3) is 5.91 Å². The SMILES string of the molecule is CCOc1cc(/C=C2/S/C(=N/c3ccc(OC)cc3)N(c3ccc(OC)cc3)C2=O)ccc1O. The Morgan fingerprint density at radius 3 is 2.24 bits per heavy atom. The van der Waals surface area contributed by atoms with Crippen LogP contribution < -0.4 is 19.1 Å². The highest BCUT2D eigenvalue weighted by Gasteiger charge is 2.34. The van der Waals surface area contributed by atoms with E-state index in [0.29, 0.717) is 39.6 Å². The number of amides is 1. The molecule has 1 fully saturated rings. The van der Waals surface area contributed by atoms with Crippen LogP contribution in [0.4, 0.5) is 11.4 Å². The summed E-state index contributed by atoms with van der Waals surface area (Å²) in [7, 11) is 3.20. The second kappa shape index (κ2) is 10.4. The minimum Gasteiger partial charge on any atom is -0.504 e. The molecule has 0 unspecified atom stereocenters. The van der Waals surface area contributed by atoms with Crippen molar-refractivity contribution in [2.24, 2.45) is 4.99 Å². The zero-order valence-corrected chi connectivity index (χ0v) is 19.8. The molecule has 0 radical (unpaired) electrons. The minimum atomic E-state index is -0.200. The van der Waals surface area contributed by atoms with Crippen LogP contribution in [0.1, 0.15) is 12.5 Å². The molecule has 0 saturated carbocycles. The van der Waals surface area contributed by atoms with Gasteiger partial charge >= 0.3 is 0 Å². The van der Waals surface area contributed by atoms with E-state index in [9.17, 15) is 9.90 Å². The predicted molar refractivity (Wildman–Crippen MR) is 135 cm³/mol. The summed E-state index contributed by atoms with van der Waals surface area (Å²) in [6.07, 6.45) is 1.77. The van der Waals surface area contributed by atoms with Crippen molar-refractivity contribution in [1.82, 2.24) is 0 Å². The number of carbonyl (C=O) groups is 1. The molecular formula is C26H24N2O5S. The number of benzene rings is 3. The lowest BCUT2D eigenvalue weighted by molar-refractivity contribution is -0.113. The quantitative estimate of drug-likeness (QED) is 0.446. The highest BCUT2D eigenvalue weighted by atomic mass is 32.2. The molecule has 0 bridgehead atoms. The first-order chi connectivity index (χ1) is 16.5. The topological polar surface area (TPSA) is 80.6 Å². The van der Waals surface area contributed by atoms with Gasteiger partial charge in [0.2, 0.25) is 0 Å². The van der Waals surface area contributed by atoms with Crippen LogP contribution in [0.5, 0.6) is 23.0 Å². The smallest absolute Gasteiger partial charge is 0.271 e. The van der Waals surface area contributed by atoms with Gasteiger partial charge in [-0.3, -0.25) is 9.69 Å². The molecule has 8 heteroatoms. The fourth-order valence-electron chi connectivity index (χ4n) is 3.32. The van der Waals surface area contributed by atoms with Crippen molar-refractivity contribution in [2.45, 2.75) is 6.92 Å². The summed E-state index contributed by atoms with van der Waals surface area (Å²) >= 11 is 1.28. The summed E-state index contributed by atoms with van der Waals surface area (Å²) in [4.78, 5) is 20.3. The van der Waals surface area contributed by atoms with Gasteiger partial charge in [0.1, 0.15) is 11.5 Å². The number of phenols is 1. The summed E-state index contributed by atoms with van der Waals surface area (Å²) < 4.78 is 15.9. The van der Waals surface area contributed by atoms with Gasteiger partial charge < -0.3 is 19.3 Å². The summed E-state index contributed by atoms with van der Waals surface area (Å²) in [6.45, 7) is 2.26. The summed E-state index contributed by atoms with van der Waals surface area (Å²) in [5, 5.41) is 10.5. The van der Waals surface area contributed by atoms with Gasteiger partial charge in [-0.2, -0.15) is 0 Å². The molecule has 1 aliphatic rings. The van der Waals surface area contributed by atoms with Crippen LogP contribution in [0.2, 0.25) is 0 Å². The summed E-state index contributed by atoms with van der Waals surface area (Å²) in [5.41, 5.74) is 2.10. The Balaban J connectivity index is 1.73. The van der Waals surface area contributed by atoms with E-state index in [1.165, 1.54) is 11.8 Å². The van der Waals surface area contributed by atoms with E-state index in [2.05, 4.69) is 0 Å². The maximum absolute atomic E-state index is 13.5. The Morgan fingerprint density at radius 1 is 0.971 bits per heavy atom. The van der Waals surface area contributed by atoms with Gasteiger partial charge in [0.15, 0.2) is 16.7 Å². The number of phenolic OH excluding ortho intramolecular Hbond substituents is 1. The van der Waals surface area contributed by atoms with Crippen molar-refractivity contribution in [2.75, 3.05) is 25.7 Å².